The van der Waals surface area contributed by atoms with Crippen molar-refractivity contribution in [2.45, 2.75) is 57.2 Å². The first-order valence-corrected chi connectivity index (χ1v) is 8.18. The molecule has 17 heavy (non-hydrogen) atoms. The summed E-state index contributed by atoms with van der Waals surface area (Å²) in [6.45, 7) is 5.86. The lowest BCUT2D eigenvalue weighted by atomic mass is 9.88. The summed E-state index contributed by atoms with van der Waals surface area (Å²) >= 11 is 0. The van der Waals surface area contributed by atoms with Crippen LogP contribution >= 0.6 is 0 Å². The highest BCUT2D eigenvalue weighted by Gasteiger charge is 2.39. The molecule has 2 N–H and O–H groups in total. The lowest BCUT2D eigenvalue weighted by molar-refractivity contribution is 0.311. The zero-order valence-electron chi connectivity index (χ0n) is 10.8. The Morgan fingerprint density at radius 2 is 2.00 bits per heavy atom. The van der Waals surface area contributed by atoms with Crippen molar-refractivity contribution in [3.05, 3.63) is 0 Å². The van der Waals surface area contributed by atoms with E-state index in [4.69, 9.17) is 0 Å². The maximum absolute atomic E-state index is 12.3. The highest BCUT2D eigenvalue weighted by Crippen LogP contribution is 2.37. The molecule has 1 heterocycles. The largest absolute Gasteiger partial charge is 0.315 e. The predicted octanol–water partition coefficient (Wildman–Crippen LogP) is 1.24. The van der Waals surface area contributed by atoms with Gasteiger partial charge in [-0.3, -0.25) is 0 Å². The van der Waals surface area contributed by atoms with Crippen LogP contribution in [0, 0.1) is 5.41 Å². The van der Waals surface area contributed by atoms with E-state index in [1.54, 1.807) is 0 Å². The van der Waals surface area contributed by atoms with Crippen molar-refractivity contribution in [2.24, 2.45) is 5.41 Å². The van der Waals surface area contributed by atoms with Crippen LogP contribution in [0.2, 0.25) is 0 Å². The van der Waals surface area contributed by atoms with Gasteiger partial charge < -0.3 is 5.32 Å². The molecule has 2 unspecified atom stereocenters. The van der Waals surface area contributed by atoms with E-state index < -0.39 is 10.0 Å². The van der Waals surface area contributed by atoms with Crippen molar-refractivity contribution in [1.82, 2.24) is 10.0 Å². The van der Waals surface area contributed by atoms with E-state index in [0.717, 1.165) is 38.6 Å². The molecule has 5 heteroatoms. The summed E-state index contributed by atoms with van der Waals surface area (Å²) in [4.78, 5) is 0. The summed E-state index contributed by atoms with van der Waals surface area (Å²) in [6.07, 6.45) is 4.97. The highest BCUT2D eigenvalue weighted by atomic mass is 32.2. The molecule has 2 fully saturated rings. The molecule has 2 aliphatic rings. The zero-order valence-corrected chi connectivity index (χ0v) is 11.6. The molecule has 4 nitrogen and oxygen atoms in total. The third kappa shape index (κ3) is 3.01. The van der Waals surface area contributed by atoms with Crippen LogP contribution in [0.1, 0.15) is 46.0 Å². The maximum Gasteiger partial charge on any atom is 0.216 e. The summed E-state index contributed by atoms with van der Waals surface area (Å²) in [7, 11) is -3.15. The zero-order chi connectivity index (χ0) is 12.5. The molecule has 0 bridgehead atoms. The molecule has 1 saturated carbocycles. The molecule has 0 aromatic heterocycles. The Bertz CT molecular complexity index is 359. The molecule has 1 saturated heterocycles. The standard InChI is InChI=1S/C12H24N2O2S/c1-12(2)7-3-6-11(12)14-17(15,16)10-5-4-8-13-9-10/h10-11,13-14H,3-9H2,1-2H3. The molecule has 0 aromatic rings. The number of piperidine rings is 1. The van der Waals surface area contributed by atoms with Crippen LogP contribution in [0.25, 0.3) is 0 Å². The van der Waals surface area contributed by atoms with Crippen molar-refractivity contribution < 1.29 is 8.42 Å². The first kappa shape index (κ1) is 13.3. The monoisotopic (exact) mass is 260 g/mol. The molecular weight excluding hydrogens is 236 g/mol. The number of hydrogen-bond donors (Lipinski definition) is 2. The van der Waals surface area contributed by atoms with Gasteiger partial charge >= 0.3 is 0 Å². The second-order valence-electron chi connectivity index (χ2n) is 6.06. The summed E-state index contributed by atoms with van der Waals surface area (Å²) in [6, 6.07) is 0.120. The predicted molar refractivity (Wildman–Crippen MR) is 69.4 cm³/mol. The van der Waals surface area contributed by atoms with E-state index in [1.165, 1.54) is 0 Å². The van der Waals surface area contributed by atoms with Crippen LogP contribution in [-0.2, 0) is 10.0 Å². The van der Waals surface area contributed by atoms with Crippen LogP contribution in [0.15, 0.2) is 0 Å². The molecule has 1 aliphatic carbocycles. The van der Waals surface area contributed by atoms with E-state index in [0.29, 0.717) is 6.54 Å². The summed E-state index contributed by atoms with van der Waals surface area (Å²) in [5.74, 6) is 0. The number of sulfonamides is 1. The molecule has 2 atom stereocenters. The van der Waals surface area contributed by atoms with E-state index in [-0.39, 0.29) is 16.7 Å². The fraction of sp³-hybridized carbons (Fsp3) is 1.00. The van der Waals surface area contributed by atoms with Crippen LogP contribution in [0.3, 0.4) is 0 Å². The second-order valence-corrected chi connectivity index (χ2v) is 8.06. The molecule has 2 rings (SSSR count). The fourth-order valence-corrected chi connectivity index (χ4v) is 4.76. The molecule has 100 valence electrons. The Labute approximate surface area is 105 Å². The molecule has 0 aromatic carbocycles. The fourth-order valence-electron chi connectivity index (χ4n) is 2.92. The van der Waals surface area contributed by atoms with Gasteiger partial charge in [0.05, 0.1) is 5.25 Å². The van der Waals surface area contributed by atoms with Gasteiger partial charge in [0.2, 0.25) is 10.0 Å². The van der Waals surface area contributed by atoms with Gasteiger partial charge in [-0.05, 0) is 37.6 Å². The van der Waals surface area contributed by atoms with Crippen molar-refractivity contribution in [1.29, 1.82) is 0 Å². The Morgan fingerprint density at radius 3 is 2.53 bits per heavy atom. The lowest BCUT2D eigenvalue weighted by Crippen LogP contribution is -2.49. The topological polar surface area (TPSA) is 58.2 Å². The number of rotatable bonds is 3. The highest BCUT2D eigenvalue weighted by molar-refractivity contribution is 7.90. The van der Waals surface area contributed by atoms with Crippen LogP contribution in [0.4, 0.5) is 0 Å². The maximum atomic E-state index is 12.3. The van der Waals surface area contributed by atoms with Crippen molar-refractivity contribution in [2.75, 3.05) is 13.1 Å². The molecule has 0 spiro atoms. The van der Waals surface area contributed by atoms with E-state index in [1.807, 2.05) is 0 Å². The minimum atomic E-state index is -3.15. The van der Waals surface area contributed by atoms with Gasteiger partial charge in [0.1, 0.15) is 0 Å². The van der Waals surface area contributed by atoms with Gasteiger partial charge in [-0.1, -0.05) is 20.3 Å². The minimum absolute atomic E-state index is 0.106. The summed E-state index contributed by atoms with van der Waals surface area (Å²) < 4.78 is 27.5. The molecule has 0 radical (unpaired) electrons. The SMILES string of the molecule is CC1(C)CCCC1NS(=O)(=O)C1CCCNC1. The molecule has 0 amide bonds. The third-order valence-corrected chi connectivity index (χ3v) is 6.15. The van der Waals surface area contributed by atoms with Gasteiger partial charge in [-0.15, -0.1) is 0 Å². The Morgan fingerprint density at radius 1 is 1.24 bits per heavy atom. The van der Waals surface area contributed by atoms with E-state index in [9.17, 15) is 8.42 Å². The Kier molecular flexibility index (Phi) is 3.80. The van der Waals surface area contributed by atoms with Crippen molar-refractivity contribution in [3.63, 3.8) is 0 Å². The minimum Gasteiger partial charge on any atom is -0.315 e. The summed E-state index contributed by atoms with van der Waals surface area (Å²) in [5, 5.41) is 2.92. The second kappa shape index (κ2) is 4.86. The quantitative estimate of drug-likeness (QED) is 0.802. The van der Waals surface area contributed by atoms with E-state index >= 15 is 0 Å². The first-order chi connectivity index (χ1) is 7.92. The average Bonchev–Trinajstić information content (AvgIpc) is 2.59. The third-order valence-electron chi connectivity index (χ3n) is 4.25. The smallest absolute Gasteiger partial charge is 0.216 e. The van der Waals surface area contributed by atoms with Crippen LogP contribution in [0.5, 0.6) is 0 Å². The number of hydrogen-bond acceptors (Lipinski definition) is 3. The van der Waals surface area contributed by atoms with E-state index in [2.05, 4.69) is 23.9 Å². The summed E-state index contributed by atoms with van der Waals surface area (Å²) in [5.41, 5.74) is 0.106. The van der Waals surface area contributed by atoms with Crippen molar-refractivity contribution >= 4 is 10.0 Å². The Balaban J connectivity index is 2.01. The van der Waals surface area contributed by atoms with Crippen LogP contribution < -0.4 is 10.0 Å². The van der Waals surface area contributed by atoms with Gasteiger partial charge in [0, 0.05) is 12.6 Å². The lowest BCUT2D eigenvalue weighted by Gasteiger charge is -2.30. The van der Waals surface area contributed by atoms with Gasteiger partial charge in [-0.2, -0.15) is 0 Å². The first-order valence-electron chi connectivity index (χ1n) is 6.64. The Hall–Kier alpha value is -0.130. The van der Waals surface area contributed by atoms with Crippen molar-refractivity contribution in [3.8, 4) is 0 Å². The number of nitrogens with one attached hydrogen (secondary N) is 2. The van der Waals surface area contributed by atoms with Gasteiger partial charge in [0.25, 0.3) is 0 Å². The normalized spacial score (nSPS) is 33.8. The van der Waals surface area contributed by atoms with Gasteiger partial charge in [-0.25, -0.2) is 13.1 Å². The molecule has 1 aliphatic heterocycles. The van der Waals surface area contributed by atoms with Crippen LogP contribution in [-0.4, -0.2) is 32.8 Å². The van der Waals surface area contributed by atoms with Gasteiger partial charge in [0.15, 0.2) is 0 Å². The molecular formula is C12H24N2O2S. The average molecular weight is 260 g/mol.